The monoisotopic (exact) mass is 267 g/mol. The molecule has 2 aromatic heterocycles. The van der Waals surface area contributed by atoms with Crippen molar-refractivity contribution in [1.29, 1.82) is 0 Å². The van der Waals surface area contributed by atoms with Gasteiger partial charge in [0, 0.05) is 18.5 Å². The summed E-state index contributed by atoms with van der Waals surface area (Å²) in [7, 11) is 0. The van der Waals surface area contributed by atoms with E-state index in [1.165, 1.54) is 19.3 Å². The number of nitrogens with zero attached hydrogens (tertiary/aromatic N) is 4. The summed E-state index contributed by atoms with van der Waals surface area (Å²) in [5.74, 6) is 0.556. The van der Waals surface area contributed by atoms with Crippen molar-refractivity contribution in [3.05, 3.63) is 30.5 Å². The van der Waals surface area contributed by atoms with Crippen LogP contribution >= 0.6 is 0 Å². The number of pyridine rings is 1. The van der Waals surface area contributed by atoms with E-state index in [2.05, 4.69) is 25.7 Å². The van der Waals surface area contributed by atoms with Crippen LogP contribution in [-0.2, 0) is 0 Å². The average molecular weight is 267 g/mol. The molecule has 20 heavy (non-hydrogen) atoms. The van der Waals surface area contributed by atoms with Crippen LogP contribution < -0.4 is 10.7 Å². The summed E-state index contributed by atoms with van der Waals surface area (Å²) in [6, 6.07) is 8.16. The van der Waals surface area contributed by atoms with E-state index in [0.29, 0.717) is 5.95 Å². The zero-order chi connectivity index (χ0) is 13.5. The van der Waals surface area contributed by atoms with Gasteiger partial charge in [0.1, 0.15) is 11.0 Å². The van der Waals surface area contributed by atoms with Gasteiger partial charge in [-0.15, -0.1) is 0 Å². The van der Waals surface area contributed by atoms with Crippen LogP contribution in [0.1, 0.15) is 19.3 Å². The van der Waals surface area contributed by atoms with Gasteiger partial charge < -0.3 is 10.7 Å². The van der Waals surface area contributed by atoms with E-state index in [9.17, 15) is 0 Å². The van der Waals surface area contributed by atoms with Gasteiger partial charge in [0.15, 0.2) is 0 Å². The Labute approximate surface area is 117 Å². The van der Waals surface area contributed by atoms with Crippen molar-refractivity contribution in [1.82, 2.24) is 14.6 Å². The Morgan fingerprint density at radius 3 is 2.65 bits per heavy atom. The predicted molar refractivity (Wildman–Crippen MR) is 81.2 cm³/mol. The number of piperidine rings is 1. The number of aromatic nitrogens is 3. The van der Waals surface area contributed by atoms with Gasteiger partial charge in [-0.25, -0.2) is 9.66 Å². The minimum atomic E-state index is 0.556. The van der Waals surface area contributed by atoms with Crippen molar-refractivity contribution in [2.75, 3.05) is 23.8 Å². The lowest BCUT2D eigenvalue weighted by Gasteiger charge is -2.30. The van der Waals surface area contributed by atoms with Gasteiger partial charge in [0.05, 0.1) is 11.7 Å². The molecule has 3 aromatic rings. The zero-order valence-corrected chi connectivity index (χ0v) is 11.3. The van der Waals surface area contributed by atoms with E-state index >= 15 is 0 Å². The topological polar surface area (TPSA) is 60.0 Å². The van der Waals surface area contributed by atoms with E-state index in [-0.39, 0.29) is 0 Å². The van der Waals surface area contributed by atoms with Crippen molar-refractivity contribution in [2.24, 2.45) is 0 Å². The smallest absolute Gasteiger partial charge is 0.220 e. The average Bonchev–Trinajstić information content (AvgIpc) is 2.84. The third-order valence-corrected chi connectivity index (χ3v) is 4.01. The number of rotatable bonds is 1. The van der Waals surface area contributed by atoms with Gasteiger partial charge in [-0.1, -0.05) is 18.2 Å². The fraction of sp³-hybridized carbons (Fsp3) is 0.333. The molecule has 1 aromatic carbocycles. The molecular formula is C15H17N5. The molecule has 5 nitrogen and oxygen atoms in total. The minimum absolute atomic E-state index is 0.556. The lowest BCUT2D eigenvalue weighted by atomic mass is 10.1. The van der Waals surface area contributed by atoms with Crippen molar-refractivity contribution < 1.29 is 0 Å². The highest BCUT2D eigenvalue weighted by atomic mass is 15.6. The Hall–Kier alpha value is -2.30. The number of hydrogen-bond acceptors (Lipinski definition) is 4. The second-order valence-corrected chi connectivity index (χ2v) is 5.31. The minimum Gasteiger partial charge on any atom is -0.368 e. The largest absolute Gasteiger partial charge is 0.368 e. The Morgan fingerprint density at radius 2 is 1.80 bits per heavy atom. The van der Waals surface area contributed by atoms with Crippen molar-refractivity contribution >= 4 is 27.9 Å². The summed E-state index contributed by atoms with van der Waals surface area (Å²) in [5.41, 5.74) is 9.09. The van der Waals surface area contributed by atoms with Crippen molar-refractivity contribution in [3.8, 4) is 0 Å². The summed E-state index contributed by atoms with van der Waals surface area (Å²) in [6.45, 7) is 2.07. The standard InChI is InChI=1S/C15H17N5/c16-15-18-13-10-17-12-7-3-2-6-11(12)14(13)20(15)19-8-4-1-5-9-19/h2-3,6-7,10H,1,4-5,8-9H2,(H2,16,18). The Balaban J connectivity index is 2.03. The van der Waals surface area contributed by atoms with E-state index < -0.39 is 0 Å². The molecule has 1 aliphatic heterocycles. The molecule has 5 heteroatoms. The SMILES string of the molecule is Nc1nc2cnc3ccccc3c2n1N1CCCCC1. The molecule has 3 heterocycles. The fourth-order valence-electron chi connectivity index (χ4n) is 3.07. The zero-order valence-electron chi connectivity index (χ0n) is 11.3. The van der Waals surface area contributed by atoms with Gasteiger partial charge in [0.25, 0.3) is 0 Å². The summed E-state index contributed by atoms with van der Waals surface area (Å²) < 4.78 is 2.08. The van der Waals surface area contributed by atoms with Gasteiger partial charge in [0.2, 0.25) is 5.95 Å². The first-order valence-electron chi connectivity index (χ1n) is 7.11. The van der Waals surface area contributed by atoms with Crippen LogP contribution in [0.3, 0.4) is 0 Å². The maximum absolute atomic E-state index is 6.16. The van der Waals surface area contributed by atoms with E-state index in [0.717, 1.165) is 35.0 Å². The molecule has 102 valence electrons. The highest BCUT2D eigenvalue weighted by molar-refractivity contribution is 6.03. The number of imidazole rings is 1. The second-order valence-electron chi connectivity index (χ2n) is 5.31. The number of fused-ring (bicyclic) bond motifs is 3. The number of benzene rings is 1. The molecule has 0 spiro atoms. The molecule has 0 bridgehead atoms. The molecule has 1 fully saturated rings. The maximum Gasteiger partial charge on any atom is 0.220 e. The third kappa shape index (κ3) is 1.62. The molecule has 4 rings (SSSR count). The molecule has 0 saturated carbocycles. The quantitative estimate of drug-likeness (QED) is 0.735. The molecule has 0 amide bonds. The van der Waals surface area contributed by atoms with Gasteiger partial charge >= 0.3 is 0 Å². The lowest BCUT2D eigenvalue weighted by Crippen LogP contribution is -2.39. The van der Waals surface area contributed by atoms with Crippen molar-refractivity contribution in [3.63, 3.8) is 0 Å². The van der Waals surface area contributed by atoms with Crippen LogP contribution in [-0.4, -0.2) is 27.7 Å². The fourth-order valence-corrected chi connectivity index (χ4v) is 3.07. The van der Waals surface area contributed by atoms with Crippen LogP contribution in [0.25, 0.3) is 21.9 Å². The molecule has 0 radical (unpaired) electrons. The predicted octanol–water partition coefficient (Wildman–Crippen LogP) is 2.29. The van der Waals surface area contributed by atoms with Gasteiger partial charge in [-0.2, -0.15) is 0 Å². The molecule has 1 saturated heterocycles. The summed E-state index contributed by atoms with van der Waals surface area (Å²) in [4.78, 5) is 8.93. The molecule has 0 atom stereocenters. The van der Waals surface area contributed by atoms with Crippen LogP contribution in [0.4, 0.5) is 5.95 Å². The second kappa shape index (κ2) is 4.37. The Bertz CT molecular complexity index is 770. The molecule has 0 unspecified atom stereocenters. The highest BCUT2D eigenvalue weighted by Crippen LogP contribution is 2.26. The number of hydrogen-bond donors (Lipinski definition) is 1. The van der Waals surface area contributed by atoms with E-state index in [1.807, 2.05) is 24.4 Å². The van der Waals surface area contributed by atoms with Crippen molar-refractivity contribution in [2.45, 2.75) is 19.3 Å². The van der Waals surface area contributed by atoms with E-state index in [4.69, 9.17) is 5.73 Å². The van der Waals surface area contributed by atoms with E-state index in [1.54, 1.807) is 0 Å². The summed E-state index contributed by atoms with van der Waals surface area (Å²) in [5, 5.41) is 3.42. The number of nitrogens with two attached hydrogens (primary N) is 1. The Kier molecular flexibility index (Phi) is 2.52. The summed E-state index contributed by atoms with van der Waals surface area (Å²) >= 11 is 0. The molecular weight excluding hydrogens is 250 g/mol. The lowest BCUT2D eigenvalue weighted by molar-refractivity contribution is 0.489. The third-order valence-electron chi connectivity index (χ3n) is 4.01. The number of nitrogen functional groups attached to an aromatic ring is 1. The molecule has 2 N–H and O–H groups in total. The van der Waals surface area contributed by atoms with Gasteiger partial charge in [-0.05, 0) is 25.3 Å². The number of anilines is 1. The van der Waals surface area contributed by atoms with Crippen LogP contribution in [0, 0.1) is 0 Å². The molecule has 0 aliphatic carbocycles. The number of para-hydroxylation sites is 1. The first-order chi connectivity index (χ1) is 9.84. The van der Waals surface area contributed by atoms with Crippen LogP contribution in [0.2, 0.25) is 0 Å². The molecule has 1 aliphatic rings. The Morgan fingerprint density at radius 1 is 1.00 bits per heavy atom. The van der Waals surface area contributed by atoms with Gasteiger partial charge in [-0.3, -0.25) is 4.98 Å². The highest BCUT2D eigenvalue weighted by Gasteiger charge is 2.18. The van der Waals surface area contributed by atoms with Crippen LogP contribution in [0.5, 0.6) is 0 Å². The van der Waals surface area contributed by atoms with Crippen LogP contribution in [0.15, 0.2) is 30.5 Å². The first kappa shape index (κ1) is 11.5. The first-order valence-corrected chi connectivity index (χ1v) is 7.11. The maximum atomic E-state index is 6.16. The summed E-state index contributed by atoms with van der Waals surface area (Å²) in [6.07, 6.45) is 5.53. The normalized spacial score (nSPS) is 16.1.